The zero-order chi connectivity index (χ0) is 13.6. The lowest BCUT2D eigenvalue weighted by atomic mass is 10.3. The SMILES string of the molecule is CC=CC#CC#CC#CC=C[C@H](CO)OC(C)=O. The van der Waals surface area contributed by atoms with Crippen molar-refractivity contribution in [1.82, 2.24) is 0 Å². The molecule has 18 heavy (non-hydrogen) atoms. The Kier molecular flexibility index (Phi) is 9.60. The molecule has 0 heterocycles. The zero-order valence-corrected chi connectivity index (χ0v) is 10.4. The largest absolute Gasteiger partial charge is 0.456 e. The van der Waals surface area contributed by atoms with Gasteiger partial charge in [0.2, 0.25) is 0 Å². The molecular weight excluding hydrogens is 228 g/mol. The molecule has 0 aliphatic carbocycles. The molecule has 0 aliphatic rings. The number of carbonyl (C=O) groups is 1. The van der Waals surface area contributed by atoms with Gasteiger partial charge in [0.15, 0.2) is 0 Å². The van der Waals surface area contributed by atoms with E-state index in [1.54, 1.807) is 6.08 Å². The molecule has 0 unspecified atom stereocenters. The lowest BCUT2D eigenvalue weighted by Crippen LogP contribution is -2.17. The van der Waals surface area contributed by atoms with Crippen LogP contribution in [0.5, 0.6) is 0 Å². The van der Waals surface area contributed by atoms with Crippen molar-refractivity contribution in [2.75, 3.05) is 6.61 Å². The van der Waals surface area contributed by atoms with Crippen molar-refractivity contribution >= 4 is 5.97 Å². The monoisotopic (exact) mass is 242 g/mol. The number of esters is 1. The molecule has 0 radical (unpaired) electrons. The van der Waals surface area contributed by atoms with Crippen LogP contribution in [0.3, 0.4) is 0 Å². The van der Waals surface area contributed by atoms with Gasteiger partial charge in [-0.2, -0.15) is 0 Å². The summed E-state index contributed by atoms with van der Waals surface area (Å²) in [4.78, 5) is 10.6. The van der Waals surface area contributed by atoms with Crippen LogP contribution in [0, 0.1) is 35.5 Å². The fourth-order valence-electron chi connectivity index (χ4n) is 0.807. The van der Waals surface area contributed by atoms with Gasteiger partial charge in [0.1, 0.15) is 6.10 Å². The van der Waals surface area contributed by atoms with E-state index in [-0.39, 0.29) is 6.61 Å². The minimum absolute atomic E-state index is 0.279. The van der Waals surface area contributed by atoms with Crippen LogP contribution in [0.2, 0.25) is 0 Å². The highest BCUT2D eigenvalue weighted by Crippen LogP contribution is 1.93. The molecule has 0 bridgehead atoms. The van der Waals surface area contributed by atoms with Crippen LogP contribution in [-0.2, 0) is 9.53 Å². The first-order chi connectivity index (χ1) is 8.70. The van der Waals surface area contributed by atoms with E-state index >= 15 is 0 Å². The van der Waals surface area contributed by atoms with Gasteiger partial charge in [-0.25, -0.2) is 0 Å². The van der Waals surface area contributed by atoms with Gasteiger partial charge >= 0.3 is 5.97 Å². The van der Waals surface area contributed by atoms with Crippen LogP contribution >= 0.6 is 0 Å². The topological polar surface area (TPSA) is 46.5 Å². The summed E-state index contributed by atoms with van der Waals surface area (Å²) < 4.78 is 4.76. The van der Waals surface area contributed by atoms with Crippen LogP contribution in [0.4, 0.5) is 0 Å². The molecule has 0 aliphatic heterocycles. The second kappa shape index (κ2) is 11.1. The molecule has 0 saturated carbocycles. The van der Waals surface area contributed by atoms with E-state index in [4.69, 9.17) is 9.84 Å². The summed E-state index contributed by atoms with van der Waals surface area (Å²) >= 11 is 0. The normalized spacial score (nSPS) is 10.6. The van der Waals surface area contributed by atoms with Crippen molar-refractivity contribution in [1.29, 1.82) is 0 Å². The van der Waals surface area contributed by atoms with E-state index in [9.17, 15) is 4.79 Å². The van der Waals surface area contributed by atoms with Gasteiger partial charge in [0, 0.05) is 6.92 Å². The number of aliphatic hydroxyl groups excluding tert-OH is 1. The van der Waals surface area contributed by atoms with Crippen LogP contribution in [0.25, 0.3) is 0 Å². The van der Waals surface area contributed by atoms with Crippen molar-refractivity contribution in [3.05, 3.63) is 24.3 Å². The predicted molar refractivity (Wildman–Crippen MR) is 69.9 cm³/mol. The van der Waals surface area contributed by atoms with Gasteiger partial charge in [-0.15, -0.1) is 0 Å². The standard InChI is InChI=1S/C15H14O3/c1-3-4-5-6-7-8-9-10-11-12-15(13-16)18-14(2)17/h3-4,11-12,15-16H,13H2,1-2H3/t15-/m1/s1. The van der Waals surface area contributed by atoms with Crippen LogP contribution in [0.15, 0.2) is 24.3 Å². The molecule has 0 aromatic rings. The Labute approximate surface area is 108 Å². The summed E-state index contributed by atoms with van der Waals surface area (Å²) in [6.45, 7) is 2.86. The molecule has 0 fully saturated rings. The number of hydrogen-bond donors (Lipinski definition) is 1. The van der Waals surface area contributed by atoms with Gasteiger partial charge in [-0.05, 0) is 48.8 Å². The molecule has 1 atom stereocenters. The molecule has 1 N–H and O–H groups in total. The highest BCUT2D eigenvalue weighted by atomic mass is 16.5. The summed E-state index contributed by atoms with van der Waals surface area (Å²) in [5.74, 6) is 15.1. The van der Waals surface area contributed by atoms with Crippen molar-refractivity contribution < 1.29 is 14.6 Å². The lowest BCUT2D eigenvalue weighted by Gasteiger charge is -2.07. The second-order valence-corrected chi connectivity index (χ2v) is 2.98. The average Bonchev–Trinajstić information content (AvgIpc) is 2.35. The molecule has 3 nitrogen and oxygen atoms in total. The average molecular weight is 242 g/mol. The second-order valence-electron chi connectivity index (χ2n) is 2.98. The molecule has 0 spiro atoms. The number of allylic oxidation sites excluding steroid dienone is 3. The summed E-state index contributed by atoms with van der Waals surface area (Å²) in [7, 11) is 0. The fraction of sp³-hybridized carbons (Fsp3) is 0.267. The third-order valence-electron chi connectivity index (χ3n) is 1.47. The first kappa shape index (κ1) is 15.6. The van der Waals surface area contributed by atoms with E-state index in [1.165, 1.54) is 19.1 Å². The minimum Gasteiger partial charge on any atom is -0.456 e. The maximum atomic E-state index is 10.6. The van der Waals surface area contributed by atoms with Gasteiger partial charge < -0.3 is 9.84 Å². The third kappa shape index (κ3) is 10.1. The molecule has 0 amide bonds. The number of carbonyl (C=O) groups excluding carboxylic acids is 1. The summed E-state index contributed by atoms with van der Waals surface area (Å²) in [5, 5.41) is 8.87. The van der Waals surface area contributed by atoms with Gasteiger partial charge in [0.05, 0.1) is 6.61 Å². The smallest absolute Gasteiger partial charge is 0.303 e. The Morgan fingerprint density at radius 3 is 2.33 bits per heavy atom. The van der Waals surface area contributed by atoms with E-state index in [2.05, 4.69) is 35.5 Å². The quantitative estimate of drug-likeness (QED) is 0.594. The van der Waals surface area contributed by atoms with Gasteiger partial charge in [-0.3, -0.25) is 4.79 Å². The number of ether oxygens (including phenoxy) is 1. The Morgan fingerprint density at radius 1 is 1.22 bits per heavy atom. The Hall–Kier alpha value is -2.41. The van der Waals surface area contributed by atoms with E-state index < -0.39 is 12.1 Å². The van der Waals surface area contributed by atoms with Gasteiger partial charge in [-0.1, -0.05) is 17.9 Å². The molecule has 0 saturated heterocycles. The Morgan fingerprint density at radius 2 is 1.83 bits per heavy atom. The third-order valence-corrected chi connectivity index (χ3v) is 1.47. The first-order valence-corrected chi connectivity index (χ1v) is 5.27. The van der Waals surface area contributed by atoms with Crippen LogP contribution in [0.1, 0.15) is 13.8 Å². The minimum atomic E-state index is -0.667. The Bertz CT molecular complexity index is 493. The van der Waals surface area contributed by atoms with E-state index in [0.29, 0.717) is 0 Å². The van der Waals surface area contributed by atoms with E-state index in [0.717, 1.165) is 0 Å². The van der Waals surface area contributed by atoms with Crippen molar-refractivity contribution in [2.45, 2.75) is 20.0 Å². The molecule has 92 valence electrons. The van der Waals surface area contributed by atoms with Crippen molar-refractivity contribution in [2.24, 2.45) is 0 Å². The van der Waals surface area contributed by atoms with Crippen LogP contribution in [-0.4, -0.2) is 23.8 Å². The molecule has 0 aromatic heterocycles. The maximum Gasteiger partial charge on any atom is 0.303 e. The summed E-state index contributed by atoms with van der Waals surface area (Å²) in [5.41, 5.74) is 0. The zero-order valence-electron chi connectivity index (χ0n) is 10.4. The summed E-state index contributed by atoms with van der Waals surface area (Å²) in [6.07, 6.45) is 5.79. The highest BCUT2D eigenvalue weighted by molar-refractivity contribution is 5.66. The summed E-state index contributed by atoms with van der Waals surface area (Å²) in [6, 6.07) is 0. The van der Waals surface area contributed by atoms with Crippen molar-refractivity contribution in [3.63, 3.8) is 0 Å². The maximum absolute atomic E-state index is 10.6. The van der Waals surface area contributed by atoms with Crippen LogP contribution < -0.4 is 0 Å². The lowest BCUT2D eigenvalue weighted by molar-refractivity contribution is -0.145. The van der Waals surface area contributed by atoms with Gasteiger partial charge in [0.25, 0.3) is 0 Å². The molecule has 3 heteroatoms. The fourth-order valence-corrected chi connectivity index (χ4v) is 0.807. The number of rotatable bonds is 3. The predicted octanol–water partition coefficient (Wildman–Crippen LogP) is 1.05. The molecule has 0 rings (SSSR count). The number of aliphatic hydroxyl groups is 1. The van der Waals surface area contributed by atoms with Crippen molar-refractivity contribution in [3.8, 4) is 35.5 Å². The Balaban J connectivity index is 4.24. The highest BCUT2D eigenvalue weighted by Gasteiger charge is 2.04. The van der Waals surface area contributed by atoms with E-state index in [1.807, 2.05) is 13.0 Å². The first-order valence-electron chi connectivity index (χ1n) is 5.27. The number of hydrogen-bond acceptors (Lipinski definition) is 3. The molecule has 0 aromatic carbocycles. The molecular formula is C15H14O3.